The minimum atomic E-state index is 0.0112. The fraction of sp³-hybridized carbons (Fsp3) is 0.400. The molecule has 1 aliphatic carbocycles. The van der Waals surface area contributed by atoms with Crippen molar-refractivity contribution >= 4 is 5.78 Å². The fourth-order valence-electron chi connectivity index (χ4n) is 4.09. The van der Waals surface area contributed by atoms with E-state index in [9.17, 15) is 9.90 Å². The number of aromatic hydroxyl groups is 1. The van der Waals surface area contributed by atoms with Crippen LogP contribution in [0.1, 0.15) is 23.3 Å². The normalized spacial score (nSPS) is 25.7. The molecule has 130 valence electrons. The molecule has 2 heterocycles. The van der Waals surface area contributed by atoms with Gasteiger partial charge in [-0.05, 0) is 48.9 Å². The average Bonchev–Trinajstić information content (AvgIpc) is 3.14. The number of Topliss-reactive ketones (excluding diaryl/α,β-unsaturated/α-hetero) is 1. The highest BCUT2D eigenvalue weighted by Gasteiger charge is 2.42. The van der Waals surface area contributed by atoms with Crippen molar-refractivity contribution in [3.63, 3.8) is 0 Å². The molecule has 2 aromatic rings. The lowest BCUT2D eigenvalue weighted by Gasteiger charge is -2.19. The van der Waals surface area contributed by atoms with Crippen molar-refractivity contribution in [2.24, 2.45) is 11.8 Å². The number of hydrogen-bond donors (Lipinski definition) is 1. The molecule has 25 heavy (non-hydrogen) atoms. The molecule has 0 spiro atoms. The minimum Gasteiger partial charge on any atom is -0.506 e. The molecule has 3 atom stereocenters. The Hall–Kier alpha value is -2.40. The van der Waals surface area contributed by atoms with Crippen LogP contribution in [0.25, 0.3) is 0 Å². The number of nitrogens with zero attached hydrogens (tertiary/aromatic N) is 2. The molecule has 1 aromatic carbocycles. The molecule has 1 N–H and O–H groups in total. The molecule has 0 amide bonds. The van der Waals surface area contributed by atoms with Crippen LogP contribution in [0.15, 0.2) is 48.7 Å². The number of pyridine rings is 1. The number of ketones is 1. The van der Waals surface area contributed by atoms with Gasteiger partial charge < -0.3 is 9.84 Å². The van der Waals surface area contributed by atoms with Crippen LogP contribution >= 0.6 is 0 Å². The van der Waals surface area contributed by atoms with Crippen LogP contribution in [-0.2, 0) is 0 Å². The van der Waals surface area contributed by atoms with E-state index in [1.54, 1.807) is 6.07 Å². The van der Waals surface area contributed by atoms with E-state index in [-0.39, 0.29) is 17.6 Å². The van der Waals surface area contributed by atoms with E-state index in [2.05, 4.69) is 9.88 Å². The van der Waals surface area contributed by atoms with Gasteiger partial charge in [0.15, 0.2) is 5.78 Å². The summed E-state index contributed by atoms with van der Waals surface area (Å²) >= 11 is 0. The van der Waals surface area contributed by atoms with E-state index < -0.39 is 0 Å². The quantitative estimate of drug-likeness (QED) is 0.850. The van der Waals surface area contributed by atoms with Gasteiger partial charge in [0.05, 0.1) is 18.8 Å². The van der Waals surface area contributed by atoms with Crippen molar-refractivity contribution < 1.29 is 14.6 Å². The third kappa shape index (κ3) is 3.66. The highest BCUT2D eigenvalue weighted by atomic mass is 16.5. The number of carbonyl (C=O) groups is 1. The number of para-hydroxylation sites is 1. The molecule has 2 fully saturated rings. The van der Waals surface area contributed by atoms with Crippen molar-refractivity contribution in [2.45, 2.75) is 18.9 Å². The molecule has 4 rings (SSSR count). The van der Waals surface area contributed by atoms with E-state index >= 15 is 0 Å². The third-order valence-corrected chi connectivity index (χ3v) is 5.23. The number of carbonyl (C=O) groups excluding carboxylic acids is 1. The van der Waals surface area contributed by atoms with Gasteiger partial charge in [-0.1, -0.05) is 18.2 Å². The average molecular weight is 338 g/mol. The Labute approximate surface area is 147 Å². The van der Waals surface area contributed by atoms with Crippen molar-refractivity contribution in [1.82, 2.24) is 9.88 Å². The number of rotatable bonds is 5. The first-order valence-corrected chi connectivity index (χ1v) is 8.79. The summed E-state index contributed by atoms with van der Waals surface area (Å²) < 4.78 is 6.09. The number of fused-ring (bicyclic) bond motifs is 1. The molecule has 0 radical (unpaired) electrons. The maximum atomic E-state index is 12.3. The smallest absolute Gasteiger partial charge is 0.195 e. The molecule has 5 nitrogen and oxygen atoms in total. The summed E-state index contributed by atoms with van der Waals surface area (Å²) in [5.74, 6) is 2.25. The highest BCUT2D eigenvalue weighted by molar-refractivity contribution is 5.95. The van der Waals surface area contributed by atoms with E-state index in [0.29, 0.717) is 24.1 Å². The Bertz CT molecular complexity index is 718. The van der Waals surface area contributed by atoms with Crippen LogP contribution in [0.5, 0.6) is 11.5 Å². The van der Waals surface area contributed by atoms with E-state index in [1.807, 2.05) is 30.3 Å². The summed E-state index contributed by atoms with van der Waals surface area (Å²) in [5, 5.41) is 9.27. The van der Waals surface area contributed by atoms with Gasteiger partial charge in [-0.3, -0.25) is 9.69 Å². The SMILES string of the molecule is O=C(CN1CC2CC(Oc3ccccc3)C[C@H]2C1)c1ccc(O)cn1. The van der Waals surface area contributed by atoms with Gasteiger partial charge in [0.1, 0.15) is 17.2 Å². The Morgan fingerprint density at radius 1 is 1.12 bits per heavy atom. The van der Waals surface area contributed by atoms with Crippen molar-refractivity contribution in [3.8, 4) is 11.5 Å². The number of likely N-dealkylation sites (tertiary alicyclic amines) is 1. The second-order valence-corrected chi connectivity index (χ2v) is 7.06. The Morgan fingerprint density at radius 2 is 1.84 bits per heavy atom. The molecule has 1 saturated heterocycles. The molecular formula is C20H22N2O3. The number of benzene rings is 1. The van der Waals surface area contributed by atoms with Gasteiger partial charge in [-0.25, -0.2) is 4.98 Å². The van der Waals surface area contributed by atoms with Crippen LogP contribution in [0.2, 0.25) is 0 Å². The summed E-state index contributed by atoms with van der Waals surface area (Å²) in [7, 11) is 0. The third-order valence-electron chi connectivity index (χ3n) is 5.23. The first-order chi connectivity index (χ1) is 12.2. The predicted molar refractivity (Wildman–Crippen MR) is 93.7 cm³/mol. The van der Waals surface area contributed by atoms with Crippen molar-refractivity contribution in [1.29, 1.82) is 0 Å². The van der Waals surface area contributed by atoms with Gasteiger partial charge in [-0.15, -0.1) is 0 Å². The molecule has 5 heteroatoms. The molecule has 0 bridgehead atoms. The van der Waals surface area contributed by atoms with Crippen LogP contribution in [0, 0.1) is 11.8 Å². The highest BCUT2D eigenvalue weighted by Crippen LogP contribution is 2.39. The van der Waals surface area contributed by atoms with E-state index in [0.717, 1.165) is 31.7 Å². The fourth-order valence-corrected chi connectivity index (χ4v) is 4.09. The summed E-state index contributed by atoms with van der Waals surface area (Å²) in [4.78, 5) is 18.6. The summed E-state index contributed by atoms with van der Waals surface area (Å²) in [6.07, 6.45) is 3.72. The maximum absolute atomic E-state index is 12.3. The molecule has 2 unspecified atom stereocenters. The van der Waals surface area contributed by atoms with Crippen LogP contribution < -0.4 is 4.74 Å². The predicted octanol–water partition coefficient (Wildman–Crippen LogP) is 2.76. The Kier molecular flexibility index (Phi) is 4.40. The van der Waals surface area contributed by atoms with E-state index in [4.69, 9.17) is 4.74 Å². The lowest BCUT2D eigenvalue weighted by atomic mass is 10.0. The van der Waals surface area contributed by atoms with Crippen LogP contribution in [-0.4, -0.2) is 46.5 Å². The topological polar surface area (TPSA) is 62.7 Å². The summed E-state index contributed by atoms with van der Waals surface area (Å²) in [6.45, 7) is 2.29. The lowest BCUT2D eigenvalue weighted by Crippen LogP contribution is -2.30. The van der Waals surface area contributed by atoms with Crippen molar-refractivity contribution in [2.75, 3.05) is 19.6 Å². The number of hydrogen-bond acceptors (Lipinski definition) is 5. The largest absolute Gasteiger partial charge is 0.506 e. The molecular weight excluding hydrogens is 316 g/mol. The van der Waals surface area contributed by atoms with Gasteiger partial charge in [0.25, 0.3) is 0 Å². The van der Waals surface area contributed by atoms with E-state index in [1.165, 1.54) is 12.3 Å². The van der Waals surface area contributed by atoms with Gasteiger partial charge in [-0.2, -0.15) is 0 Å². The molecule has 1 aliphatic heterocycles. The second kappa shape index (κ2) is 6.84. The Morgan fingerprint density at radius 3 is 2.48 bits per heavy atom. The van der Waals surface area contributed by atoms with Gasteiger partial charge >= 0.3 is 0 Å². The Balaban J connectivity index is 1.29. The van der Waals surface area contributed by atoms with Gasteiger partial charge in [0, 0.05) is 13.1 Å². The molecule has 2 aliphatic rings. The minimum absolute atomic E-state index is 0.0112. The first-order valence-electron chi connectivity index (χ1n) is 8.79. The standard InChI is InChI=1S/C20H22N2O3/c23-16-6-7-19(21-10-16)20(24)13-22-11-14-8-18(9-15(14)12-22)25-17-4-2-1-3-5-17/h1-7,10,14-15,18,23H,8-9,11-13H2/t14-,15?,18?/m0/s1. The zero-order valence-corrected chi connectivity index (χ0v) is 14.0. The summed E-state index contributed by atoms with van der Waals surface area (Å²) in [5.41, 5.74) is 0.417. The summed E-state index contributed by atoms with van der Waals surface area (Å²) in [6, 6.07) is 13.1. The van der Waals surface area contributed by atoms with Gasteiger partial charge in [0.2, 0.25) is 0 Å². The van der Waals surface area contributed by atoms with Crippen LogP contribution in [0.3, 0.4) is 0 Å². The zero-order valence-electron chi connectivity index (χ0n) is 14.0. The monoisotopic (exact) mass is 338 g/mol. The van der Waals surface area contributed by atoms with Crippen LogP contribution in [0.4, 0.5) is 0 Å². The second-order valence-electron chi connectivity index (χ2n) is 7.06. The van der Waals surface area contributed by atoms with Crippen molar-refractivity contribution in [3.05, 3.63) is 54.4 Å². The maximum Gasteiger partial charge on any atom is 0.195 e. The lowest BCUT2D eigenvalue weighted by molar-refractivity contribution is 0.0932. The molecule has 1 aromatic heterocycles. The first kappa shape index (κ1) is 16.1. The number of ether oxygens (including phenoxy) is 1. The zero-order chi connectivity index (χ0) is 17.2. The number of aromatic nitrogens is 1. The molecule has 1 saturated carbocycles.